The third kappa shape index (κ3) is 6.36. The van der Waals surface area contributed by atoms with Crippen LogP contribution in [0.25, 0.3) is 0 Å². The number of hydrogen-bond donors (Lipinski definition) is 2. The van der Waals surface area contributed by atoms with E-state index in [1.165, 1.54) is 16.7 Å². The Kier molecular flexibility index (Phi) is 7.88. The highest BCUT2D eigenvalue weighted by Crippen LogP contribution is 2.12. The molecule has 0 spiro atoms. The normalized spacial score (nSPS) is 14.8. The second-order valence-corrected chi connectivity index (χ2v) is 7.27. The fraction of sp³-hybridized carbons (Fsp3) is 0.435. The summed E-state index contributed by atoms with van der Waals surface area (Å²) in [6.07, 6.45) is 2.01. The van der Waals surface area contributed by atoms with Crippen molar-refractivity contribution in [1.82, 2.24) is 15.5 Å². The Bertz CT molecular complexity index is 710. The van der Waals surface area contributed by atoms with Gasteiger partial charge in [0, 0.05) is 32.2 Å². The molecule has 1 heterocycles. The smallest absolute Gasteiger partial charge is 0.317 e. The van der Waals surface area contributed by atoms with Crippen molar-refractivity contribution in [2.75, 3.05) is 19.6 Å². The minimum absolute atomic E-state index is 0.0611. The quantitative estimate of drug-likeness (QED) is 0.733. The van der Waals surface area contributed by atoms with Gasteiger partial charge >= 0.3 is 6.03 Å². The Hall–Kier alpha value is -2.37. The molecule has 5 nitrogen and oxygen atoms in total. The van der Waals surface area contributed by atoms with Crippen molar-refractivity contribution < 1.29 is 9.53 Å². The second-order valence-electron chi connectivity index (χ2n) is 7.27. The average molecular weight is 382 g/mol. The molecule has 0 unspecified atom stereocenters. The fourth-order valence-electron chi connectivity index (χ4n) is 3.43. The summed E-state index contributed by atoms with van der Waals surface area (Å²) in [6.45, 7) is 6.40. The number of carbonyl (C=O) groups excluding carboxylic acids is 1. The van der Waals surface area contributed by atoms with Gasteiger partial charge in [-0.1, -0.05) is 54.6 Å². The van der Waals surface area contributed by atoms with Crippen LogP contribution in [-0.4, -0.2) is 36.6 Å². The van der Waals surface area contributed by atoms with E-state index >= 15 is 0 Å². The van der Waals surface area contributed by atoms with E-state index in [2.05, 4.69) is 47.0 Å². The lowest BCUT2D eigenvalue weighted by Crippen LogP contribution is -2.48. The number of likely N-dealkylation sites (tertiary alicyclic amines) is 1. The second kappa shape index (κ2) is 10.8. The van der Waals surface area contributed by atoms with Crippen LogP contribution >= 0.6 is 0 Å². The van der Waals surface area contributed by atoms with Crippen LogP contribution < -0.4 is 10.6 Å². The molecule has 1 aliphatic rings. The van der Waals surface area contributed by atoms with Crippen molar-refractivity contribution in [3.05, 3.63) is 71.3 Å². The standard InChI is InChI=1S/C23H31N3O2/c1-2-24-23(27)26-14-12-22(13-15-26)25-16-19-8-10-21(11-9-19)18-28-17-20-6-4-3-5-7-20/h3-11,22,25H,2,12-18H2,1H3,(H,24,27). The molecule has 2 N–H and O–H groups in total. The van der Waals surface area contributed by atoms with Gasteiger partial charge in [-0.2, -0.15) is 0 Å². The number of carbonyl (C=O) groups is 1. The topological polar surface area (TPSA) is 53.6 Å². The predicted molar refractivity (Wildman–Crippen MR) is 112 cm³/mol. The van der Waals surface area contributed by atoms with E-state index < -0.39 is 0 Å². The Morgan fingerprint density at radius 1 is 0.964 bits per heavy atom. The van der Waals surface area contributed by atoms with Crippen molar-refractivity contribution in [3.8, 4) is 0 Å². The first kappa shape index (κ1) is 20.4. The first-order valence-corrected chi connectivity index (χ1v) is 10.2. The van der Waals surface area contributed by atoms with Gasteiger partial charge < -0.3 is 20.3 Å². The zero-order valence-electron chi connectivity index (χ0n) is 16.7. The van der Waals surface area contributed by atoms with E-state index in [4.69, 9.17) is 4.74 Å². The largest absolute Gasteiger partial charge is 0.372 e. The van der Waals surface area contributed by atoms with Crippen LogP contribution in [0.4, 0.5) is 4.79 Å². The molecule has 2 amide bonds. The van der Waals surface area contributed by atoms with Crippen LogP contribution in [-0.2, 0) is 24.5 Å². The van der Waals surface area contributed by atoms with Crippen molar-refractivity contribution in [2.45, 2.75) is 45.6 Å². The molecule has 1 fully saturated rings. The third-order valence-electron chi connectivity index (χ3n) is 5.11. The van der Waals surface area contributed by atoms with Crippen LogP contribution in [0, 0.1) is 0 Å². The summed E-state index contributed by atoms with van der Waals surface area (Å²) in [5.74, 6) is 0. The number of nitrogens with zero attached hydrogens (tertiary/aromatic N) is 1. The summed E-state index contributed by atoms with van der Waals surface area (Å²) in [7, 11) is 0. The van der Waals surface area contributed by atoms with E-state index in [-0.39, 0.29) is 6.03 Å². The minimum Gasteiger partial charge on any atom is -0.372 e. The summed E-state index contributed by atoms with van der Waals surface area (Å²) >= 11 is 0. The monoisotopic (exact) mass is 381 g/mol. The van der Waals surface area contributed by atoms with Gasteiger partial charge in [-0.15, -0.1) is 0 Å². The average Bonchev–Trinajstić information content (AvgIpc) is 2.74. The molecule has 2 aromatic rings. The maximum atomic E-state index is 11.9. The molecule has 2 aromatic carbocycles. The van der Waals surface area contributed by atoms with Crippen LogP contribution in [0.1, 0.15) is 36.5 Å². The molecule has 3 rings (SSSR count). The highest BCUT2D eigenvalue weighted by Gasteiger charge is 2.21. The van der Waals surface area contributed by atoms with Gasteiger partial charge in [0.25, 0.3) is 0 Å². The molecule has 0 atom stereocenters. The molecule has 0 aromatic heterocycles. The molecular formula is C23H31N3O2. The lowest BCUT2D eigenvalue weighted by atomic mass is 10.0. The Morgan fingerprint density at radius 3 is 2.21 bits per heavy atom. The maximum Gasteiger partial charge on any atom is 0.317 e. The zero-order valence-corrected chi connectivity index (χ0v) is 16.7. The molecule has 0 saturated carbocycles. The van der Waals surface area contributed by atoms with E-state index in [1.807, 2.05) is 30.0 Å². The third-order valence-corrected chi connectivity index (χ3v) is 5.11. The summed E-state index contributed by atoms with van der Waals surface area (Å²) in [5, 5.41) is 6.50. The Morgan fingerprint density at radius 2 is 1.57 bits per heavy atom. The van der Waals surface area contributed by atoms with Gasteiger partial charge in [0.1, 0.15) is 0 Å². The van der Waals surface area contributed by atoms with Crippen LogP contribution in [0.5, 0.6) is 0 Å². The van der Waals surface area contributed by atoms with E-state index in [0.717, 1.165) is 32.5 Å². The molecule has 150 valence electrons. The first-order valence-electron chi connectivity index (χ1n) is 10.2. The molecule has 28 heavy (non-hydrogen) atoms. The Balaban J connectivity index is 1.35. The lowest BCUT2D eigenvalue weighted by Gasteiger charge is -2.32. The number of nitrogens with one attached hydrogen (secondary N) is 2. The molecule has 0 radical (unpaired) electrons. The summed E-state index contributed by atoms with van der Waals surface area (Å²) < 4.78 is 5.79. The molecule has 1 saturated heterocycles. The summed E-state index contributed by atoms with van der Waals surface area (Å²) in [5.41, 5.74) is 3.66. The molecular weight excluding hydrogens is 350 g/mol. The van der Waals surface area contributed by atoms with Gasteiger partial charge in [0.15, 0.2) is 0 Å². The van der Waals surface area contributed by atoms with Crippen molar-refractivity contribution >= 4 is 6.03 Å². The molecule has 0 bridgehead atoms. The van der Waals surface area contributed by atoms with E-state index in [0.29, 0.717) is 25.8 Å². The first-order chi connectivity index (χ1) is 13.7. The van der Waals surface area contributed by atoms with Gasteiger partial charge in [0.2, 0.25) is 0 Å². The zero-order chi connectivity index (χ0) is 19.6. The van der Waals surface area contributed by atoms with Gasteiger partial charge in [-0.25, -0.2) is 4.79 Å². The van der Waals surface area contributed by atoms with E-state index in [9.17, 15) is 4.79 Å². The maximum absolute atomic E-state index is 11.9. The predicted octanol–water partition coefficient (Wildman–Crippen LogP) is 3.69. The van der Waals surface area contributed by atoms with Crippen molar-refractivity contribution in [3.63, 3.8) is 0 Å². The van der Waals surface area contributed by atoms with Gasteiger partial charge in [-0.05, 0) is 36.5 Å². The van der Waals surface area contributed by atoms with Crippen molar-refractivity contribution in [1.29, 1.82) is 0 Å². The fourth-order valence-corrected chi connectivity index (χ4v) is 3.43. The number of amides is 2. The number of ether oxygens (including phenoxy) is 1. The highest BCUT2D eigenvalue weighted by atomic mass is 16.5. The molecule has 1 aliphatic heterocycles. The van der Waals surface area contributed by atoms with Crippen LogP contribution in [0.2, 0.25) is 0 Å². The summed E-state index contributed by atoms with van der Waals surface area (Å²) in [4.78, 5) is 13.8. The van der Waals surface area contributed by atoms with Gasteiger partial charge in [0.05, 0.1) is 13.2 Å². The number of piperidine rings is 1. The number of urea groups is 1. The van der Waals surface area contributed by atoms with E-state index in [1.54, 1.807) is 0 Å². The number of hydrogen-bond acceptors (Lipinski definition) is 3. The number of benzene rings is 2. The molecule has 5 heteroatoms. The Labute approximate surface area is 168 Å². The lowest BCUT2D eigenvalue weighted by molar-refractivity contribution is 0.107. The van der Waals surface area contributed by atoms with Crippen LogP contribution in [0.3, 0.4) is 0 Å². The van der Waals surface area contributed by atoms with Gasteiger partial charge in [-0.3, -0.25) is 0 Å². The minimum atomic E-state index is 0.0611. The number of rotatable bonds is 8. The highest BCUT2D eigenvalue weighted by molar-refractivity contribution is 5.74. The molecule has 0 aliphatic carbocycles. The van der Waals surface area contributed by atoms with Crippen molar-refractivity contribution in [2.24, 2.45) is 0 Å². The SMILES string of the molecule is CCNC(=O)N1CCC(NCc2ccc(COCc3ccccc3)cc2)CC1. The van der Waals surface area contributed by atoms with Crippen LogP contribution in [0.15, 0.2) is 54.6 Å². The summed E-state index contributed by atoms with van der Waals surface area (Å²) in [6, 6.07) is 19.4.